The topological polar surface area (TPSA) is 85.8 Å². The summed E-state index contributed by atoms with van der Waals surface area (Å²) in [5, 5.41) is 4.58. The molecule has 0 saturated heterocycles. The van der Waals surface area contributed by atoms with Gasteiger partial charge in [0.25, 0.3) is 5.91 Å². The molecule has 0 bridgehead atoms. The zero-order chi connectivity index (χ0) is 12.3. The Bertz CT molecular complexity index is 539. The Morgan fingerprint density at radius 2 is 2.35 bits per heavy atom. The van der Waals surface area contributed by atoms with Gasteiger partial charge >= 0.3 is 0 Å². The van der Waals surface area contributed by atoms with Gasteiger partial charge in [0.15, 0.2) is 0 Å². The molecule has 0 aromatic carbocycles. The van der Waals surface area contributed by atoms with E-state index in [2.05, 4.69) is 10.1 Å². The number of halogens is 1. The quantitative estimate of drug-likeness (QED) is 0.475. The highest BCUT2D eigenvalue weighted by atomic mass is 35.5. The van der Waals surface area contributed by atoms with Gasteiger partial charge in [-0.1, -0.05) is 17.7 Å². The zero-order valence-electron chi connectivity index (χ0n) is 8.80. The minimum Gasteiger partial charge on any atom is -0.289 e. The molecule has 0 spiro atoms. The molecule has 2 rings (SSSR count). The summed E-state index contributed by atoms with van der Waals surface area (Å²) in [7, 11) is 0. The SMILES string of the molecule is NNC(=O)c1cccc(Cn2cc(Cl)cn2)n1. The van der Waals surface area contributed by atoms with Crippen LogP contribution in [0, 0.1) is 0 Å². The predicted octanol–water partition coefficient (Wildman–Crippen LogP) is 0.583. The number of nitrogens with one attached hydrogen (secondary N) is 1. The van der Waals surface area contributed by atoms with Gasteiger partial charge in [-0.25, -0.2) is 10.8 Å². The molecule has 88 valence electrons. The van der Waals surface area contributed by atoms with Crippen molar-refractivity contribution in [3.63, 3.8) is 0 Å². The Hall–Kier alpha value is -1.92. The fraction of sp³-hybridized carbons (Fsp3) is 0.100. The first-order valence-corrected chi connectivity index (χ1v) is 5.21. The van der Waals surface area contributed by atoms with E-state index in [0.717, 1.165) is 0 Å². The predicted molar refractivity (Wildman–Crippen MR) is 62.2 cm³/mol. The lowest BCUT2D eigenvalue weighted by molar-refractivity contribution is 0.0948. The second-order valence-electron chi connectivity index (χ2n) is 3.34. The van der Waals surface area contributed by atoms with Crippen molar-refractivity contribution in [2.75, 3.05) is 0 Å². The molecule has 0 aliphatic carbocycles. The van der Waals surface area contributed by atoms with E-state index in [9.17, 15) is 4.79 Å². The third-order valence-corrected chi connectivity index (χ3v) is 2.29. The Labute approximate surface area is 102 Å². The first-order chi connectivity index (χ1) is 8.19. The second kappa shape index (κ2) is 4.94. The van der Waals surface area contributed by atoms with Gasteiger partial charge in [-0.05, 0) is 12.1 Å². The maximum Gasteiger partial charge on any atom is 0.283 e. The molecule has 2 aromatic rings. The highest BCUT2D eigenvalue weighted by Gasteiger charge is 2.06. The summed E-state index contributed by atoms with van der Waals surface area (Å²) in [5.41, 5.74) is 3.00. The van der Waals surface area contributed by atoms with Gasteiger partial charge in [0, 0.05) is 6.20 Å². The summed E-state index contributed by atoms with van der Waals surface area (Å²) in [6.45, 7) is 0.443. The van der Waals surface area contributed by atoms with E-state index < -0.39 is 5.91 Å². The molecule has 3 N–H and O–H groups in total. The van der Waals surface area contributed by atoms with Gasteiger partial charge in [0.05, 0.1) is 23.5 Å². The zero-order valence-corrected chi connectivity index (χ0v) is 9.55. The van der Waals surface area contributed by atoms with Crippen LogP contribution in [0.25, 0.3) is 0 Å². The van der Waals surface area contributed by atoms with Crippen molar-refractivity contribution >= 4 is 17.5 Å². The van der Waals surface area contributed by atoms with Crippen LogP contribution >= 0.6 is 11.6 Å². The van der Waals surface area contributed by atoms with Gasteiger partial charge in [-0.15, -0.1) is 0 Å². The van der Waals surface area contributed by atoms with Crippen molar-refractivity contribution < 1.29 is 4.79 Å². The molecule has 0 aliphatic heterocycles. The maximum atomic E-state index is 11.3. The van der Waals surface area contributed by atoms with E-state index in [1.54, 1.807) is 29.1 Å². The van der Waals surface area contributed by atoms with Gasteiger partial charge in [0.2, 0.25) is 0 Å². The molecule has 0 fully saturated rings. The summed E-state index contributed by atoms with van der Waals surface area (Å²) in [6, 6.07) is 5.11. The Morgan fingerprint density at radius 1 is 1.53 bits per heavy atom. The van der Waals surface area contributed by atoms with Gasteiger partial charge in [-0.3, -0.25) is 14.9 Å². The standard InChI is InChI=1S/C10H10ClN5O/c11-7-4-13-16(5-7)6-8-2-1-3-9(14-8)10(17)15-12/h1-5H,6,12H2,(H,15,17). The fourth-order valence-electron chi connectivity index (χ4n) is 1.36. The van der Waals surface area contributed by atoms with Gasteiger partial charge < -0.3 is 0 Å². The number of nitrogens with zero attached hydrogens (tertiary/aromatic N) is 3. The van der Waals surface area contributed by atoms with E-state index in [1.165, 1.54) is 6.20 Å². The molecule has 2 heterocycles. The summed E-state index contributed by atoms with van der Waals surface area (Å²) < 4.78 is 1.63. The molecule has 0 atom stereocenters. The van der Waals surface area contributed by atoms with Crippen LogP contribution in [0.4, 0.5) is 0 Å². The number of hydrogen-bond donors (Lipinski definition) is 2. The minimum absolute atomic E-state index is 0.267. The molecule has 0 radical (unpaired) electrons. The number of nitrogens with two attached hydrogens (primary N) is 1. The lowest BCUT2D eigenvalue weighted by Gasteiger charge is -2.03. The minimum atomic E-state index is -0.426. The fourth-order valence-corrected chi connectivity index (χ4v) is 1.52. The van der Waals surface area contributed by atoms with Crippen molar-refractivity contribution in [3.8, 4) is 0 Å². The summed E-state index contributed by atoms with van der Waals surface area (Å²) >= 11 is 5.75. The lowest BCUT2D eigenvalue weighted by Crippen LogP contribution is -2.30. The van der Waals surface area contributed by atoms with E-state index in [1.807, 2.05) is 5.43 Å². The van der Waals surface area contributed by atoms with Crippen molar-refractivity contribution in [2.24, 2.45) is 5.84 Å². The van der Waals surface area contributed by atoms with Crippen molar-refractivity contribution in [2.45, 2.75) is 6.54 Å². The van der Waals surface area contributed by atoms with Gasteiger partial charge in [-0.2, -0.15) is 5.10 Å². The number of nitrogen functional groups attached to an aromatic ring is 1. The molecule has 7 heteroatoms. The summed E-state index contributed by atoms with van der Waals surface area (Å²) in [5.74, 6) is 4.61. The van der Waals surface area contributed by atoms with Crippen LogP contribution in [0.1, 0.15) is 16.2 Å². The smallest absolute Gasteiger partial charge is 0.283 e. The number of carbonyl (C=O) groups is 1. The Morgan fingerprint density at radius 3 is 3.00 bits per heavy atom. The van der Waals surface area contributed by atoms with E-state index in [-0.39, 0.29) is 5.69 Å². The molecule has 0 aliphatic rings. The highest BCUT2D eigenvalue weighted by Crippen LogP contribution is 2.07. The molecule has 1 amide bonds. The van der Waals surface area contributed by atoms with E-state index in [4.69, 9.17) is 17.4 Å². The lowest BCUT2D eigenvalue weighted by atomic mass is 10.3. The number of hydrogen-bond acceptors (Lipinski definition) is 4. The number of rotatable bonds is 3. The number of pyridine rings is 1. The molecular weight excluding hydrogens is 242 g/mol. The number of hydrazine groups is 1. The highest BCUT2D eigenvalue weighted by molar-refractivity contribution is 6.30. The Balaban J connectivity index is 2.19. The third-order valence-electron chi connectivity index (χ3n) is 2.10. The van der Waals surface area contributed by atoms with Crippen LogP contribution in [0.15, 0.2) is 30.6 Å². The Kier molecular flexibility index (Phi) is 3.36. The van der Waals surface area contributed by atoms with Crippen LogP contribution in [-0.2, 0) is 6.54 Å². The summed E-state index contributed by atoms with van der Waals surface area (Å²) in [6.07, 6.45) is 3.22. The number of carbonyl (C=O) groups excluding carboxylic acids is 1. The van der Waals surface area contributed by atoms with Crippen molar-refractivity contribution in [1.82, 2.24) is 20.2 Å². The van der Waals surface area contributed by atoms with Crippen LogP contribution in [0.5, 0.6) is 0 Å². The van der Waals surface area contributed by atoms with E-state index >= 15 is 0 Å². The number of aromatic nitrogens is 3. The first kappa shape index (κ1) is 11.6. The average molecular weight is 252 g/mol. The van der Waals surface area contributed by atoms with Crippen LogP contribution < -0.4 is 11.3 Å². The van der Waals surface area contributed by atoms with Crippen LogP contribution in [0.2, 0.25) is 5.02 Å². The molecular formula is C10H10ClN5O. The molecule has 0 saturated carbocycles. The van der Waals surface area contributed by atoms with E-state index in [0.29, 0.717) is 17.3 Å². The van der Waals surface area contributed by atoms with Crippen molar-refractivity contribution in [1.29, 1.82) is 0 Å². The van der Waals surface area contributed by atoms with Crippen LogP contribution in [0.3, 0.4) is 0 Å². The van der Waals surface area contributed by atoms with Gasteiger partial charge in [0.1, 0.15) is 5.69 Å². The molecule has 0 unspecified atom stereocenters. The molecule has 6 nitrogen and oxygen atoms in total. The van der Waals surface area contributed by atoms with Crippen molar-refractivity contribution in [3.05, 3.63) is 47.0 Å². The molecule has 2 aromatic heterocycles. The normalized spacial score (nSPS) is 10.2. The second-order valence-corrected chi connectivity index (χ2v) is 3.78. The largest absolute Gasteiger partial charge is 0.289 e. The van der Waals surface area contributed by atoms with Crippen LogP contribution in [-0.4, -0.2) is 20.7 Å². The molecule has 17 heavy (non-hydrogen) atoms. The first-order valence-electron chi connectivity index (χ1n) is 4.84. The monoisotopic (exact) mass is 251 g/mol. The maximum absolute atomic E-state index is 11.3. The summed E-state index contributed by atoms with van der Waals surface area (Å²) in [4.78, 5) is 15.4. The average Bonchev–Trinajstić information content (AvgIpc) is 2.74. The third kappa shape index (κ3) is 2.80. The number of amides is 1.